The minimum Gasteiger partial charge on any atom is -0.325 e. The van der Waals surface area contributed by atoms with E-state index in [1.165, 1.54) is 0 Å². The number of fused-ring (bicyclic) bond motifs is 1. The van der Waals surface area contributed by atoms with Crippen molar-refractivity contribution in [3.05, 3.63) is 53.2 Å². The molecule has 1 aromatic carbocycles. The van der Waals surface area contributed by atoms with Gasteiger partial charge in [0.15, 0.2) is 0 Å². The summed E-state index contributed by atoms with van der Waals surface area (Å²) in [6.45, 7) is 4.73. The summed E-state index contributed by atoms with van der Waals surface area (Å²) >= 11 is 0. The van der Waals surface area contributed by atoms with E-state index in [1.807, 2.05) is 37.3 Å². The number of aryl methyl sites for hydroxylation is 1. The highest BCUT2D eigenvalue weighted by atomic mass is 16.1. The van der Waals surface area contributed by atoms with Gasteiger partial charge in [0.05, 0.1) is 34.8 Å². The van der Waals surface area contributed by atoms with Crippen LogP contribution in [-0.2, 0) is 11.3 Å². The number of anilines is 1. The molecule has 0 aliphatic heterocycles. The minimum atomic E-state index is -0.0384. The van der Waals surface area contributed by atoms with Gasteiger partial charge in [0.2, 0.25) is 5.91 Å². The van der Waals surface area contributed by atoms with Crippen molar-refractivity contribution in [2.75, 3.05) is 5.32 Å². The Hall–Kier alpha value is -3.02. The molecule has 3 aromatic rings. The summed E-state index contributed by atoms with van der Waals surface area (Å²) < 4.78 is 1.63. The zero-order valence-electron chi connectivity index (χ0n) is 15.7. The lowest BCUT2D eigenvalue weighted by molar-refractivity contribution is -0.116. The third-order valence-corrected chi connectivity index (χ3v) is 4.39. The molecule has 0 saturated heterocycles. The quantitative estimate of drug-likeness (QED) is 0.687. The number of nitrogens with one attached hydrogen (secondary N) is 1. The molecule has 0 atom stereocenters. The van der Waals surface area contributed by atoms with Crippen molar-refractivity contribution in [2.24, 2.45) is 0 Å². The normalized spacial score (nSPS) is 10.9. The third-order valence-electron chi connectivity index (χ3n) is 4.39. The largest absolute Gasteiger partial charge is 0.325 e. The van der Waals surface area contributed by atoms with Gasteiger partial charge in [-0.15, -0.1) is 0 Å². The Kier molecular flexibility index (Phi) is 5.96. The summed E-state index contributed by atoms with van der Waals surface area (Å²) in [5.41, 5.74) is 2.90. The van der Waals surface area contributed by atoms with Crippen LogP contribution in [0.2, 0.25) is 0 Å². The molecule has 0 bridgehead atoms. The van der Waals surface area contributed by atoms with Crippen molar-refractivity contribution in [2.45, 2.75) is 46.1 Å². The number of rotatable bonds is 7. The van der Waals surface area contributed by atoms with Crippen LogP contribution in [0.15, 0.2) is 47.7 Å². The Morgan fingerprint density at radius 3 is 2.67 bits per heavy atom. The Labute approximate surface area is 158 Å². The summed E-state index contributed by atoms with van der Waals surface area (Å²) in [5.74, 6) is -0.000320. The molecule has 140 valence electrons. The van der Waals surface area contributed by atoms with Crippen LogP contribution in [0.5, 0.6) is 0 Å². The summed E-state index contributed by atoms with van der Waals surface area (Å²) in [4.78, 5) is 33.2. The monoisotopic (exact) mass is 364 g/mol. The van der Waals surface area contributed by atoms with Crippen LogP contribution in [-0.4, -0.2) is 20.4 Å². The molecule has 27 heavy (non-hydrogen) atoms. The van der Waals surface area contributed by atoms with Crippen LogP contribution >= 0.6 is 0 Å². The highest BCUT2D eigenvalue weighted by molar-refractivity contribution is 5.90. The van der Waals surface area contributed by atoms with Gasteiger partial charge in [-0.1, -0.05) is 26.3 Å². The standard InChI is InChI=1S/C21H24N4O2/c1-3-5-6-20(26)24-16-8-10-18(22-13-16)15-7-9-19-17(12-15)21(27)25(11-4-2)14-23-19/h7-10,12-14H,3-6,11H2,1-2H3,(H,24,26). The van der Waals surface area contributed by atoms with Crippen molar-refractivity contribution in [3.63, 3.8) is 0 Å². The summed E-state index contributed by atoms with van der Waals surface area (Å²) in [7, 11) is 0. The molecule has 0 aliphatic rings. The first-order chi connectivity index (χ1) is 13.1. The van der Waals surface area contributed by atoms with Gasteiger partial charge >= 0.3 is 0 Å². The minimum absolute atomic E-state index is 0.000320. The first-order valence-corrected chi connectivity index (χ1v) is 9.38. The summed E-state index contributed by atoms with van der Waals surface area (Å²) in [6, 6.07) is 9.25. The molecule has 0 radical (unpaired) electrons. The van der Waals surface area contributed by atoms with Crippen molar-refractivity contribution < 1.29 is 4.79 Å². The SMILES string of the molecule is CCCCC(=O)Nc1ccc(-c2ccc3ncn(CCC)c(=O)c3c2)nc1. The Morgan fingerprint density at radius 2 is 1.96 bits per heavy atom. The van der Waals surface area contributed by atoms with Gasteiger partial charge in [0, 0.05) is 18.5 Å². The van der Waals surface area contributed by atoms with E-state index in [0.29, 0.717) is 29.6 Å². The molecule has 0 fully saturated rings. The molecule has 3 rings (SSSR count). The van der Waals surface area contributed by atoms with Crippen molar-refractivity contribution in [3.8, 4) is 11.3 Å². The lowest BCUT2D eigenvalue weighted by Gasteiger charge is -2.08. The molecule has 0 spiro atoms. The molecule has 0 saturated carbocycles. The highest BCUT2D eigenvalue weighted by Gasteiger charge is 2.08. The topological polar surface area (TPSA) is 76.9 Å². The molecule has 0 unspecified atom stereocenters. The molecule has 2 heterocycles. The molecule has 1 N–H and O–H groups in total. The van der Waals surface area contributed by atoms with Gasteiger partial charge in [-0.3, -0.25) is 19.1 Å². The molecule has 2 aromatic heterocycles. The predicted molar refractivity (Wildman–Crippen MR) is 108 cm³/mol. The number of benzene rings is 1. The van der Waals surface area contributed by atoms with Crippen LogP contribution < -0.4 is 10.9 Å². The summed E-state index contributed by atoms with van der Waals surface area (Å²) in [6.07, 6.45) is 6.49. The molecule has 0 aliphatic carbocycles. The van der Waals surface area contributed by atoms with Crippen LogP contribution in [0, 0.1) is 0 Å². The zero-order chi connectivity index (χ0) is 19.2. The van der Waals surface area contributed by atoms with Crippen molar-refractivity contribution >= 4 is 22.5 Å². The number of amides is 1. The molecule has 6 heteroatoms. The van der Waals surface area contributed by atoms with Gasteiger partial charge in [0.1, 0.15) is 0 Å². The third kappa shape index (κ3) is 4.39. The zero-order valence-corrected chi connectivity index (χ0v) is 15.7. The van der Waals surface area contributed by atoms with Gasteiger partial charge in [-0.25, -0.2) is 4.98 Å². The maximum atomic E-state index is 12.6. The fraction of sp³-hybridized carbons (Fsp3) is 0.333. The number of hydrogen-bond donors (Lipinski definition) is 1. The predicted octanol–water partition coefficient (Wildman–Crippen LogP) is 4.00. The fourth-order valence-electron chi connectivity index (χ4n) is 2.92. The number of nitrogens with zero attached hydrogens (tertiary/aromatic N) is 3. The number of carbonyl (C=O) groups excluding carboxylic acids is 1. The maximum absolute atomic E-state index is 12.6. The van der Waals surface area contributed by atoms with Crippen LogP contribution in [0.3, 0.4) is 0 Å². The van der Waals surface area contributed by atoms with Crippen molar-refractivity contribution in [1.29, 1.82) is 0 Å². The average Bonchev–Trinajstić information content (AvgIpc) is 2.69. The van der Waals surface area contributed by atoms with Gasteiger partial charge < -0.3 is 5.32 Å². The number of hydrogen-bond acceptors (Lipinski definition) is 4. The molecule has 6 nitrogen and oxygen atoms in total. The smallest absolute Gasteiger partial charge is 0.261 e. The van der Waals surface area contributed by atoms with Crippen LogP contribution in [0.4, 0.5) is 5.69 Å². The van der Waals surface area contributed by atoms with E-state index in [2.05, 4.69) is 22.2 Å². The Bertz CT molecular complexity index is 993. The van der Waals surface area contributed by atoms with E-state index < -0.39 is 0 Å². The van der Waals surface area contributed by atoms with E-state index in [9.17, 15) is 9.59 Å². The molecular weight excluding hydrogens is 340 g/mol. The fourth-order valence-corrected chi connectivity index (χ4v) is 2.92. The van der Waals surface area contributed by atoms with Crippen molar-refractivity contribution in [1.82, 2.24) is 14.5 Å². The molecule has 1 amide bonds. The lowest BCUT2D eigenvalue weighted by Crippen LogP contribution is -2.20. The number of carbonyl (C=O) groups is 1. The first-order valence-electron chi connectivity index (χ1n) is 9.38. The molecular formula is C21H24N4O2. The van der Waals surface area contributed by atoms with E-state index in [-0.39, 0.29) is 11.5 Å². The first kappa shape index (κ1) is 18.8. The summed E-state index contributed by atoms with van der Waals surface area (Å²) in [5, 5.41) is 3.44. The number of unbranched alkanes of at least 4 members (excludes halogenated alkanes) is 1. The lowest BCUT2D eigenvalue weighted by atomic mass is 10.1. The number of aromatic nitrogens is 3. The van der Waals surface area contributed by atoms with Gasteiger partial charge in [0.25, 0.3) is 5.56 Å². The maximum Gasteiger partial charge on any atom is 0.261 e. The van der Waals surface area contributed by atoms with E-state index in [0.717, 1.165) is 30.5 Å². The van der Waals surface area contributed by atoms with E-state index >= 15 is 0 Å². The average molecular weight is 364 g/mol. The number of pyridine rings is 1. The second-order valence-electron chi connectivity index (χ2n) is 6.56. The Balaban J connectivity index is 1.85. The highest BCUT2D eigenvalue weighted by Crippen LogP contribution is 2.21. The van der Waals surface area contributed by atoms with Crippen LogP contribution in [0.1, 0.15) is 39.5 Å². The second kappa shape index (κ2) is 8.58. The van der Waals surface area contributed by atoms with Crippen LogP contribution in [0.25, 0.3) is 22.2 Å². The van der Waals surface area contributed by atoms with Gasteiger partial charge in [-0.2, -0.15) is 0 Å². The Morgan fingerprint density at radius 1 is 1.11 bits per heavy atom. The second-order valence-corrected chi connectivity index (χ2v) is 6.56. The van der Waals surface area contributed by atoms with Gasteiger partial charge in [-0.05, 0) is 37.1 Å². The van der Waals surface area contributed by atoms with E-state index in [4.69, 9.17) is 0 Å². The van der Waals surface area contributed by atoms with E-state index in [1.54, 1.807) is 17.1 Å².